The summed E-state index contributed by atoms with van der Waals surface area (Å²) in [5.41, 5.74) is 2.33. The van der Waals surface area contributed by atoms with Crippen molar-refractivity contribution in [2.24, 2.45) is 11.8 Å². The molecule has 0 radical (unpaired) electrons. The molecule has 1 aromatic heterocycles. The van der Waals surface area contributed by atoms with Gasteiger partial charge in [0.05, 0.1) is 5.52 Å². The van der Waals surface area contributed by atoms with E-state index in [1.807, 2.05) is 26.1 Å². The van der Waals surface area contributed by atoms with Crippen molar-refractivity contribution >= 4 is 16.8 Å². The van der Waals surface area contributed by atoms with Crippen LogP contribution in [0.25, 0.3) is 10.9 Å². The predicted molar refractivity (Wildman–Crippen MR) is 102 cm³/mol. The first kappa shape index (κ1) is 17.9. The van der Waals surface area contributed by atoms with Crippen LogP contribution < -0.4 is 5.32 Å². The number of rotatable bonds is 5. The molecule has 1 fully saturated rings. The van der Waals surface area contributed by atoms with Gasteiger partial charge in [0, 0.05) is 43.2 Å². The molecule has 1 N–H and O–H groups in total. The molecule has 1 saturated heterocycles. The van der Waals surface area contributed by atoms with E-state index in [-0.39, 0.29) is 5.92 Å². The Balaban J connectivity index is 1.61. The molecule has 1 aliphatic rings. The molecule has 4 heteroatoms. The molecule has 0 saturated carbocycles. The molecule has 0 unspecified atom stereocenters. The molecule has 0 spiro atoms. The van der Waals surface area contributed by atoms with E-state index in [9.17, 15) is 4.79 Å². The van der Waals surface area contributed by atoms with Crippen LogP contribution in [-0.2, 0) is 11.3 Å². The Bertz CT molecular complexity index is 728. The zero-order chi connectivity index (χ0) is 17.8. The number of benzene rings is 1. The first-order valence-corrected chi connectivity index (χ1v) is 9.44. The number of hydrogen-bond acceptors (Lipinski definition) is 3. The van der Waals surface area contributed by atoms with E-state index in [0.717, 1.165) is 38.0 Å². The smallest absolute Gasteiger partial charge is 0.225 e. The standard InChI is InChI=1S/C21H29N3O/c1-4-17-14-24(21(25)15(2)3)11-9-20(17)23-13-16-7-8-19-18(12-16)6-5-10-22-19/h5-8,10,12,15,17,20,23H,4,9,11,13-14H2,1-3H3/t17-,20-/m1/s1. The van der Waals surface area contributed by atoms with Crippen molar-refractivity contribution in [3.63, 3.8) is 0 Å². The largest absolute Gasteiger partial charge is 0.342 e. The summed E-state index contributed by atoms with van der Waals surface area (Å²) in [4.78, 5) is 18.7. The van der Waals surface area contributed by atoms with Crippen molar-refractivity contribution in [2.75, 3.05) is 13.1 Å². The summed E-state index contributed by atoms with van der Waals surface area (Å²) >= 11 is 0. The van der Waals surface area contributed by atoms with Gasteiger partial charge in [-0.2, -0.15) is 0 Å². The Morgan fingerprint density at radius 3 is 2.96 bits per heavy atom. The van der Waals surface area contributed by atoms with Gasteiger partial charge in [0.1, 0.15) is 0 Å². The molecule has 1 aliphatic heterocycles. The van der Waals surface area contributed by atoms with Crippen molar-refractivity contribution in [1.29, 1.82) is 0 Å². The van der Waals surface area contributed by atoms with Gasteiger partial charge in [0.15, 0.2) is 0 Å². The van der Waals surface area contributed by atoms with Gasteiger partial charge in [0.2, 0.25) is 5.91 Å². The Kier molecular flexibility index (Phi) is 5.69. The van der Waals surface area contributed by atoms with Gasteiger partial charge >= 0.3 is 0 Å². The van der Waals surface area contributed by atoms with Gasteiger partial charge in [-0.25, -0.2) is 0 Å². The Morgan fingerprint density at radius 2 is 2.20 bits per heavy atom. The highest BCUT2D eigenvalue weighted by Gasteiger charge is 2.30. The van der Waals surface area contributed by atoms with Crippen molar-refractivity contribution < 1.29 is 4.79 Å². The molecular weight excluding hydrogens is 310 g/mol. The molecule has 3 rings (SSSR count). The highest BCUT2D eigenvalue weighted by Crippen LogP contribution is 2.22. The Hall–Kier alpha value is -1.94. The van der Waals surface area contributed by atoms with Gasteiger partial charge < -0.3 is 10.2 Å². The molecule has 2 heterocycles. The van der Waals surface area contributed by atoms with Crippen LogP contribution >= 0.6 is 0 Å². The van der Waals surface area contributed by atoms with Crippen LogP contribution in [0.3, 0.4) is 0 Å². The monoisotopic (exact) mass is 339 g/mol. The Morgan fingerprint density at radius 1 is 1.36 bits per heavy atom. The molecule has 2 aromatic rings. The topological polar surface area (TPSA) is 45.2 Å². The summed E-state index contributed by atoms with van der Waals surface area (Å²) < 4.78 is 0. The normalized spacial score (nSPS) is 21.0. The summed E-state index contributed by atoms with van der Waals surface area (Å²) in [6, 6.07) is 11.0. The maximum absolute atomic E-state index is 12.3. The highest BCUT2D eigenvalue weighted by molar-refractivity contribution is 5.79. The minimum atomic E-state index is 0.0909. The molecule has 1 amide bonds. The lowest BCUT2D eigenvalue weighted by atomic mass is 9.89. The van der Waals surface area contributed by atoms with Gasteiger partial charge in [-0.1, -0.05) is 39.3 Å². The van der Waals surface area contributed by atoms with Gasteiger partial charge in [0.25, 0.3) is 0 Å². The summed E-state index contributed by atoms with van der Waals surface area (Å²) in [6.07, 6.45) is 3.96. The zero-order valence-corrected chi connectivity index (χ0v) is 15.5. The second kappa shape index (κ2) is 7.96. The number of aromatic nitrogens is 1. The zero-order valence-electron chi connectivity index (χ0n) is 15.5. The van der Waals surface area contributed by atoms with Crippen molar-refractivity contribution in [3.05, 3.63) is 42.1 Å². The second-order valence-corrected chi connectivity index (χ2v) is 7.41. The van der Waals surface area contributed by atoms with Crippen LogP contribution in [-0.4, -0.2) is 34.9 Å². The SMILES string of the molecule is CC[C@@H]1CN(C(=O)C(C)C)CC[C@H]1NCc1ccc2ncccc2c1. The van der Waals surface area contributed by atoms with Crippen LogP contribution in [0.15, 0.2) is 36.5 Å². The van der Waals surface area contributed by atoms with Crippen molar-refractivity contribution in [2.45, 2.75) is 46.2 Å². The molecule has 4 nitrogen and oxygen atoms in total. The van der Waals surface area contributed by atoms with E-state index in [4.69, 9.17) is 0 Å². The molecular formula is C21H29N3O. The number of amides is 1. The lowest BCUT2D eigenvalue weighted by Gasteiger charge is -2.39. The predicted octanol–water partition coefficient (Wildman–Crippen LogP) is 3.61. The average molecular weight is 339 g/mol. The summed E-state index contributed by atoms with van der Waals surface area (Å²) in [5.74, 6) is 0.908. The van der Waals surface area contributed by atoms with Crippen molar-refractivity contribution in [3.8, 4) is 0 Å². The van der Waals surface area contributed by atoms with Gasteiger partial charge in [-0.3, -0.25) is 9.78 Å². The maximum Gasteiger partial charge on any atom is 0.225 e. The lowest BCUT2D eigenvalue weighted by Crippen LogP contribution is -2.51. The van der Waals surface area contributed by atoms with E-state index < -0.39 is 0 Å². The van der Waals surface area contributed by atoms with Gasteiger partial charge in [-0.15, -0.1) is 0 Å². The maximum atomic E-state index is 12.3. The third-order valence-electron chi connectivity index (χ3n) is 5.30. The Labute approximate surface area is 150 Å². The summed E-state index contributed by atoms with van der Waals surface area (Å²) in [7, 11) is 0. The number of hydrogen-bond donors (Lipinski definition) is 1. The van der Waals surface area contributed by atoms with Crippen molar-refractivity contribution in [1.82, 2.24) is 15.2 Å². The molecule has 2 atom stereocenters. The second-order valence-electron chi connectivity index (χ2n) is 7.41. The highest BCUT2D eigenvalue weighted by atomic mass is 16.2. The quantitative estimate of drug-likeness (QED) is 0.905. The molecule has 134 valence electrons. The van der Waals surface area contributed by atoms with E-state index in [1.54, 1.807) is 0 Å². The number of carbonyl (C=O) groups is 1. The summed E-state index contributed by atoms with van der Waals surface area (Å²) in [5, 5.41) is 4.92. The minimum Gasteiger partial charge on any atom is -0.342 e. The number of fused-ring (bicyclic) bond motifs is 1. The van der Waals surface area contributed by atoms with Crippen LogP contribution in [0, 0.1) is 11.8 Å². The van der Waals surface area contributed by atoms with Gasteiger partial charge in [-0.05, 0) is 36.1 Å². The molecule has 25 heavy (non-hydrogen) atoms. The molecule has 0 bridgehead atoms. The van der Waals surface area contributed by atoms with Crippen LogP contribution in [0.5, 0.6) is 0 Å². The summed E-state index contributed by atoms with van der Waals surface area (Å²) in [6.45, 7) is 8.82. The average Bonchev–Trinajstić information content (AvgIpc) is 2.65. The third-order valence-corrected chi connectivity index (χ3v) is 5.30. The number of piperidine rings is 1. The number of nitrogens with zero attached hydrogens (tertiary/aromatic N) is 2. The fourth-order valence-corrected chi connectivity index (χ4v) is 3.76. The number of carbonyl (C=O) groups excluding carboxylic acids is 1. The van der Waals surface area contributed by atoms with Crippen LogP contribution in [0.1, 0.15) is 39.2 Å². The van der Waals surface area contributed by atoms with E-state index in [1.165, 1.54) is 10.9 Å². The minimum absolute atomic E-state index is 0.0909. The fraction of sp³-hybridized carbons (Fsp3) is 0.524. The fourth-order valence-electron chi connectivity index (χ4n) is 3.76. The lowest BCUT2D eigenvalue weighted by molar-refractivity contribution is -0.136. The van der Waals surface area contributed by atoms with E-state index >= 15 is 0 Å². The molecule has 1 aromatic carbocycles. The number of nitrogens with one attached hydrogen (secondary N) is 1. The third kappa shape index (κ3) is 4.18. The molecule has 0 aliphatic carbocycles. The van der Waals surface area contributed by atoms with Crippen LogP contribution in [0.2, 0.25) is 0 Å². The number of likely N-dealkylation sites (tertiary alicyclic amines) is 1. The van der Waals surface area contributed by atoms with E-state index in [2.05, 4.69) is 46.4 Å². The van der Waals surface area contributed by atoms with E-state index in [0.29, 0.717) is 17.9 Å². The number of pyridine rings is 1. The van der Waals surface area contributed by atoms with Crippen LogP contribution in [0.4, 0.5) is 0 Å². The first-order valence-electron chi connectivity index (χ1n) is 9.44. The first-order chi connectivity index (χ1) is 12.1.